The SMILES string of the molecule is COc1cc(Cl)ccc1C(NC(C)=O)N1Cc2ccc(-c3nc(NC4CCOCC4)ncc3Cl)cc2C1=O. The minimum absolute atomic E-state index is 0.225. The molecule has 3 heterocycles. The number of benzene rings is 2. The van der Waals surface area contributed by atoms with Gasteiger partial charge < -0.3 is 25.0 Å². The topological polar surface area (TPSA) is 106 Å². The van der Waals surface area contributed by atoms with Crippen molar-refractivity contribution in [3.63, 3.8) is 0 Å². The summed E-state index contributed by atoms with van der Waals surface area (Å²) in [5.41, 5.74) is 3.19. The average Bonchev–Trinajstić information content (AvgIpc) is 3.24. The first-order valence-electron chi connectivity index (χ1n) is 12.3. The van der Waals surface area contributed by atoms with Gasteiger partial charge in [0.2, 0.25) is 11.9 Å². The first-order chi connectivity index (χ1) is 18.3. The molecule has 0 radical (unpaired) electrons. The average molecular weight is 556 g/mol. The van der Waals surface area contributed by atoms with Crippen molar-refractivity contribution in [3.05, 3.63) is 69.3 Å². The molecule has 1 fully saturated rings. The lowest BCUT2D eigenvalue weighted by Gasteiger charge is -2.29. The molecule has 0 spiro atoms. The predicted molar refractivity (Wildman–Crippen MR) is 144 cm³/mol. The Balaban J connectivity index is 1.45. The Morgan fingerprint density at radius 1 is 1.18 bits per heavy atom. The van der Waals surface area contributed by atoms with Crippen molar-refractivity contribution in [2.24, 2.45) is 0 Å². The molecule has 0 aliphatic carbocycles. The van der Waals surface area contributed by atoms with E-state index >= 15 is 0 Å². The fraction of sp³-hybridized carbons (Fsp3) is 0.333. The Labute approximate surface area is 230 Å². The smallest absolute Gasteiger partial charge is 0.256 e. The molecular formula is C27H27Cl2N5O4. The van der Waals surface area contributed by atoms with E-state index in [1.165, 1.54) is 14.0 Å². The number of hydrogen-bond acceptors (Lipinski definition) is 7. The zero-order chi connectivity index (χ0) is 26.8. The second-order valence-electron chi connectivity index (χ2n) is 9.22. The van der Waals surface area contributed by atoms with Crippen molar-refractivity contribution in [2.75, 3.05) is 25.6 Å². The number of hydrogen-bond donors (Lipinski definition) is 2. The van der Waals surface area contributed by atoms with Crippen LogP contribution in [0.2, 0.25) is 10.0 Å². The molecule has 1 atom stereocenters. The monoisotopic (exact) mass is 555 g/mol. The number of anilines is 1. The second-order valence-corrected chi connectivity index (χ2v) is 10.1. The lowest BCUT2D eigenvalue weighted by molar-refractivity contribution is -0.120. The molecule has 2 aliphatic heterocycles. The summed E-state index contributed by atoms with van der Waals surface area (Å²) in [5, 5.41) is 7.11. The van der Waals surface area contributed by atoms with Crippen molar-refractivity contribution < 1.29 is 19.1 Å². The quantitative estimate of drug-likeness (QED) is 0.429. The first-order valence-corrected chi connectivity index (χ1v) is 13.0. The molecule has 198 valence electrons. The normalized spacial score (nSPS) is 16.2. The number of halogens is 2. The number of nitrogens with one attached hydrogen (secondary N) is 2. The molecule has 0 saturated carbocycles. The third kappa shape index (κ3) is 5.41. The van der Waals surface area contributed by atoms with Crippen LogP contribution in [-0.2, 0) is 16.1 Å². The van der Waals surface area contributed by atoms with Gasteiger partial charge in [-0.15, -0.1) is 0 Å². The number of ether oxygens (including phenoxy) is 2. The van der Waals surface area contributed by atoms with Crippen LogP contribution < -0.4 is 15.4 Å². The second kappa shape index (κ2) is 11.1. The summed E-state index contributed by atoms with van der Waals surface area (Å²) < 4.78 is 10.9. The lowest BCUT2D eigenvalue weighted by atomic mass is 10.0. The van der Waals surface area contributed by atoms with E-state index in [9.17, 15) is 9.59 Å². The molecule has 2 amide bonds. The van der Waals surface area contributed by atoms with Gasteiger partial charge in [-0.25, -0.2) is 9.97 Å². The summed E-state index contributed by atoms with van der Waals surface area (Å²) in [6, 6.07) is 10.9. The number of carbonyl (C=O) groups excluding carboxylic acids is 2. The van der Waals surface area contributed by atoms with Gasteiger partial charge in [0.05, 0.1) is 24.0 Å². The van der Waals surface area contributed by atoms with Gasteiger partial charge >= 0.3 is 0 Å². The van der Waals surface area contributed by atoms with Gasteiger partial charge in [0.25, 0.3) is 5.91 Å². The fourth-order valence-corrected chi connectivity index (χ4v) is 5.13. The van der Waals surface area contributed by atoms with Gasteiger partial charge in [-0.3, -0.25) is 9.59 Å². The molecule has 0 bridgehead atoms. The third-order valence-electron chi connectivity index (χ3n) is 6.66. The van der Waals surface area contributed by atoms with Crippen LogP contribution in [-0.4, -0.2) is 53.0 Å². The number of aromatic nitrogens is 2. The minimum Gasteiger partial charge on any atom is -0.496 e. The molecule has 9 nitrogen and oxygen atoms in total. The molecule has 38 heavy (non-hydrogen) atoms. The van der Waals surface area contributed by atoms with Crippen LogP contribution in [0.3, 0.4) is 0 Å². The third-order valence-corrected chi connectivity index (χ3v) is 7.17. The summed E-state index contributed by atoms with van der Waals surface area (Å²) >= 11 is 12.6. The van der Waals surface area contributed by atoms with Gasteiger partial charge in [0, 0.05) is 54.4 Å². The van der Waals surface area contributed by atoms with Crippen LogP contribution in [0.25, 0.3) is 11.3 Å². The van der Waals surface area contributed by atoms with E-state index in [0.29, 0.717) is 63.9 Å². The van der Waals surface area contributed by atoms with Gasteiger partial charge in [0.15, 0.2) is 0 Å². The molecule has 2 N–H and O–H groups in total. The van der Waals surface area contributed by atoms with Crippen LogP contribution in [0.15, 0.2) is 42.6 Å². The van der Waals surface area contributed by atoms with E-state index in [2.05, 4.69) is 20.6 Å². The van der Waals surface area contributed by atoms with Crippen LogP contribution in [0.4, 0.5) is 5.95 Å². The van der Waals surface area contributed by atoms with Crippen LogP contribution in [0.5, 0.6) is 5.75 Å². The standard InChI is InChI=1S/C27H27Cl2N5O4/c1-15(35)31-25(20-6-5-18(28)12-23(20)37-2)34-14-17-4-3-16(11-21(17)26(34)36)24-22(29)13-30-27(33-24)32-19-7-9-38-10-8-19/h3-6,11-13,19,25H,7-10,14H2,1-2H3,(H,31,35)(H,30,32,33). The summed E-state index contributed by atoms with van der Waals surface area (Å²) in [7, 11) is 1.52. The van der Waals surface area contributed by atoms with Gasteiger partial charge in [0.1, 0.15) is 11.9 Å². The Morgan fingerprint density at radius 2 is 1.97 bits per heavy atom. The van der Waals surface area contributed by atoms with Crippen LogP contribution in [0.1, 0.15) is 47.4 Å². The van der Waals surface area contributed by atoms with Gasteiger partial charge in [-0.1, -0.05) is 35.3 Å². The largest absolute Gasteiger partial charge is 0.496 e. The van der Waals surface area contributed by atoms with Crippen molar-refractivity contribution in [1.29, 1.82) is 0 Å². The van der Waals surface area contributed by atoms with Crippen molar-refractivity contribution in [1.82, 2.24) is 20.2 Å². The van der Waals surface area contributed by atoms with Crippen molar-refractivity contribution in [2.45, 2.75) is 38.5 Å². The molecule has 2 aliphatic rings. The zero-order valence-corrected chi connectivity index (χ0v) is 22.5. The molecule has 1 aromatic heterocycles. The van der Waals surface area contributed by atoms with Crippen molar-refractivity contribution >= 4 is 41.0 Å². The number of methoxy groups -OCH3 is 1. The number of carbonyl (C=O) groups is 2. The maximum Gasteiger partial charge on any atom is 0.256 e. The molecule has 5 rings (SSSR count). The first kappa shape index (κ1) is 26.2. The summed E-state index contributed by atoms with van der Waals surface area (Å²) in [6.07, 6.45) is 2.56. The summed E-state index contributed by atoms with van der Waals surface area (Å²) in [6.45, 7) is 3.11. The van der Waals surface area contributed by atoms with Crippen LogP contribution >= 0.6 is 23.2 Å². The van der Waals surface area contributed by atoms with E-state index < -0.39 is 6.17 Å². The van der Waals surface area contributed by atoms with E-state index in [1.54, 1.807) is 35.4 Å². The summed E-state index contributed by atoms with van der Waals surface area (Å²) in [4.78, 5) is 36.4. The molecule has 1 saturated heterocycles. The highest BCUT2D eigenvalue weighted by Crippen LogP contribution is 2.37. The summed E-state index contributed by atoms with van der Waals surface area (Å²) in [5.74, 6) is 0.431. The number of amides is 2. The lowest BCUT2D eigenvalue weighted by Crippen LogP contribution is -2.40. The van der Waals surface area contributed by atoms with Crippen LogP contribution in [0, 0.1) is 0 Å². The highest BCUT2D eigenvalue weighted by atomic mass is 35.5. The van der Waals surface area contributed by atoms with Gasteiger partial charge in [-0.05, 0) is 42.7 Å². The molecule has 2 aromatic carbocycles. The van der Waals surface area contributed by atoms with Crippen molar-refractivity contribution in [3.8, 4) is 17.0 Å². The minimum atomic E-state index is -0.749. The molecular weight excluding hydrogens is 529 g/mol. The highest BCUT2D eigenvalue weighted by Gasteiger charge is 2.36. The van der Waals surface area contributed by atoms with Gasteiger partial charge in [-0.2, -0.15) is 0 Å². The number of fused-ring (bicyclic) bond motifs is 1. The zero-order valence-electron chi connectivity index (χ0n) is 21.0. The highest BCUT2D eigenvalue weighted by molar-refractivity contribution is 6.33. The maximum atomic E-state index is 13.7. The molecule has 11 heteroatoms. The predicted octanol–water partition coefficient (Wildman–Crippen LogP) is 4.84. The number of nitrogens with zero attached hydrogens (tertiary/aromatic N) is 3. The maximum absolute atomic E-state index is 13.7. The van der Waals surface area contributed by atoms with E-state index in [-0.39, 0.29) is 17.9 Å². The molecule has 1 unspecified atom stereocenters. The number of rotatable bonds is 7. The molecule has 3 aromatic rings. The Bertz CT molecular complexity index is 1380. The van der Waals surface area contributed by atoms with E-state index in [4.69, 9.17) is 32.7 Å². The van der Waals surface area contributed by atoms with E-state index in [0.717, 1.165) is 18.4 Å². The fourth-order valence-electron chi connectivity index (χ4n) is 4.77. The Hall–Kier alpha value is -3.40. The van der Waals surface area contributed by atoms with E-state index in [1.807, 2.05) is 12.1 Å². The Morgan fingerprint density at radius 3 is 2.71 bits per heavy atom. The Kier molecular flexibility index (Phi) is 7.69.